The normalized spacial score (nSPS) is 15.0. The smallest absolute Gasteiger partial charge is 0.410 e. The highest BCUT2D eigenvalue weighted by atomic mass is 16.6. The molecule has 0 spiro atoms. The molecule has 0 saturated heterocycles. The van der Waals surface area contributed by atoms with Gasteiger partial charge in [-0.15, -0.1) is 0 Å². The van der Waals surface area contributed by atoms with Crippen LogP contribution in [-0.2, 0) is 29.0 Å². The van der Waals surface area contributed by atoms with E-state index in [0.29, 0.717) is 29.6 Å². The fourth-order valence-corrected chi connectivity index (χ4v) is 5.99. The Bertz CT molecular complexity index is 1700. The highest BCUT2D eigenvalue weighted by molar-refractivity contribution is 6.08. The number of aryl methyl sites for hydroxylation is 1. The van der Waals surface area contributed by atoms with Gasteiger partial charge in [-0.25, -0.2) is 9.59 Å². The number of hydrogen-bond acceptors (Lipinski definition) is 7. The second kappa shape index (κ2) is 15.2. The third-order valence-electron chi connectivity index (χ3n) is 8.21. The number of nitrogens with one attached hydrogen (secondary N) is 2. The van der Waals surface area contributed by atoms with E-state index in [9.17, 15) is 19.5 Å². The summed E-state index contributed by atoms with van der Waals surface area (Å²) in [4.78, 5) is 49.5. The number of pyridine rings is 2. The molecule has 10 heteroatoms. The molecule has 47 heavy (non-hydrogen) atoms. The van der Waals surface area contributed by atoms with Crippen molar-refractivity contribution in [3.63, 3.8) is 0 Å². The van der Waals surface area contributed by atoms with Crippen LogP contribution in [0.25, 0.3) is 10.8 Å². The van der Waals surface area contributed by atoms with E-state index in [0.717, 1.165) is 35.9 Å². The minimum Gasteiger partial charge on any atom is -0.480 e. The first-order valence-electron chi connectivity index (χ1n) is 16.2. The molecule has 0 unspecified atom stereocenters. The molecule has 2 amide bonds. The molecule has 2 aromatic heterocycles. The summed E-state index contributed by atoms with van der Waals surface area (Å²) >= 11 is 0. The maximum atomic E-state index is 13.5. The Balaban J connectivity index is 1.28. The number of aromatic nitrogens is 2. The lowest BCUT2D eigenvalue weighted by Gasteiger charge is -2.28. The maximum Gasteiger partial charge on any atom is 0.410 e. The first kappa shape index (κ1) is 33.5. The van der Waals surface area contributed by atoms with E-state index in [1.165, 1.54) is 5.56 Å². The summed E-state index contributed by atoms with van der Waals surface area (Å²) in [5.74, 6) is -1.54. The SMILES string of the molecule is CC(C)(C)OC(=O)N(Cc1ccccn1)Cc1ccc(C(=O)N[C@@H](CCCN[C@H]2CCCc3cccnc32)C(=O)O)c2ccccc12. The number of benzene rings is 2. The summed E-state index contributed by atoms with van der Waals surface area (Å²) in [6.07, 6.45) is 6.97. The van der Waals surface area contributed by atoms with E-state index >= 15 is 0 Å². The molecule has 1 aliphatic carbocycles. The van der Waals surface area contributed by atoms with E-state index in [4.69, 9.17) is 4.74 Å². The van der Waals surface area contributed by atoms with Crippen molar-refractivity contribution in [3.05, 3.63) is 107 Å². The Labute approximate surface area is 275 Å². The van der Waals surface area contributed by atoms with Crippen LogP contribution in [0.3, 0.4) is 0 Å². The van der Waals surface area contributed by atoms with E-state index in [1.807, 2.05) is 81.6 Å². The second-order valence-corrected chi connectivity index (χ2v) is 12.9. The molecule has 246 valence electrons. The zero-order valence-electron chi connectivity index (χ0n) is 27.2. The van der Waals surface area contributed by atoms with Crippen molar-refractivity contribution in [2.45, 2.75) is 83.6 Å². The van der Waals surface area contributed by atoms with Gasteiger partial charge in [0.2, 0.25) is 0 Å². The van der Waals surface area contributed by atoms with E-state index in [2.05, 4.69) is 26.7 Å². The van der Waals surface area contributed by atoms with Crippen molar-refractivity contribution in [3.8, 4) is 0 Å². The lowest BCUT2D eigenvalue weighted by molar-refractivity contribution is -0.139. The number of carboxylic acids is 1. The average Bonchev–Trinajstić information content (AvgIpc) is 3.05. The van der Waals surface area contributed by atoms with Gasteiger partial charge in [0.15, 0.2) is 0 Å². The molecule has 4 aromatic rings. The van der Waals surface area contributed by atoms with Crippen LogP contribution in [-0.4, -0.2) is 56.1 Å². The van der Waals surface area contributed by atoms with Crippen LogP contribution in [0.15, 0.2) is 79.1 Å². The first-order chi connectivity index (χ1) is 22.6. The highest BCUT2D eigenvalue weighted by Gasteiger charge is 2.26. The lowest BCUT2D eigenvalue weighted by Crippen LogP contribution is -2.41. The Morgan fingerprint density at radius 1 is 0.957 bits per heavy atom. The second-order valence-electron chi connectivity index (χ2n) is 12.9. The van der Waals surface area contributed by atoms with Gasteiger partial charge in [-0.3, -0.25) is 19.7 Å². The van der Waals surface area contributed by atoms with Crippen molar-refractivity contribution >= 4 is 28.7 Å². The van der Waals surface area contributed by atoms with Gasteiger partial charge in [-0.05, 0) is 106 Å². The van der Waals surface area contributed by atoms with Gasteiger partial charge < -0.3 is 20.5 Å². The van der Waals surface area contributed by atoms with Crippen molar-refractivity contribution in [1.29, 1.82) is 0 Å². The maximum absolute atomic E-state index is 13.5. The predicted molar refractivity (Wildman–Crippen MR) is 180 cm³/mol. The number of carboxylic acid groups (broad SMARTS) is 1. The summed E-state index contributed by atoms with van der Waals surface area (Å²) in [7, 11) is 0. The Kier molecular flexibility index (Phi) is 10.8. The summed E-state index contributed by atoms with van der Waals surface area (Å²) in [6.45, 7) is 6.54. The van der Waals surface area contributed by atoms with E-state index < -0.39 is 29.6 Å². The van der Waals surface area contributed by atoms with E-state index in [1.54, 1.807) is 17.2 Å². The molecule has 2 atom stereocenters. The third kappa shape index (κ3) is 8.92. The molecule has 0 radical (unpaired) electrons. The fourth-order valence-electron chi connectivity index (χ4n) is 5.99. The lowest BCUT2D eigenvalue weighted by atomic mass is 9.92. The highest BCUT2D eigenvalue weighted by Crippen LogP contribution is 2.28. The predicted octanol–water partition coefficient (Wildman–Crippen LogP) is 6.20. The summed E-state index contributed by atoms with van der Waals surface area (Å²) in [6, 6.07) is 19.7. The summed E-state index contributed by atoms with van der Waals surface area (Å²) < 4.78 is 5.71. The molecule has 1 aliphatic rings. The van der Waals surface area contributed by atoms with Gasteiger partial charge in [-0.2, -0.15) is 0 Å². The number of hydrogen-bond donors (Lipinski definition) is 3. The topological polar surface area (TPSA) is 134 Å². The number of nitrogens with zero attached hydrogens (tertiary/aromatic N) is 3. The van der Waals surface area contributed by atoms with Crippen LogP contribution in [0, 0.1) is 0 Å². The molecule has 0 bridgehead atoms. The van der Waals surface area contributed by atoms with Crippen LogP contribution in [0.4, 0.5) is 4.79 Å². The average molecular weight is 638 g/mol. The molecule has 5 rings (SSSR count). The van der Waals surface area contributed by atoms with Gasteiger partial charge in [0, 0.05) is 24.0 Å². The first-order valence-corrected chi connectivity index (χ1v) is 16.2. The van der Waals surface area contributed by atoms with Gasteiger partial charge in [0.05, 0.1) is 24.5 Å². The zero-order chi connectivity index (χ0) is 33.4. The summed E-state index contributed by atoms with van der Waals surface area (Å²) in [5.41, 5.74) is 3.55. The molecule has 0 saturated carbocycles. The van der Waals surface area contributed by atoms with Gasteiger partial charge in [0.25, 0.3) is 5.91 Å². The number of carbonyl (C=O) groups is 3. The number of carbonyl (C=O) groups excluding carboxylic acids is 2. The third-order valence-corrected chi connectivity index (χ3v) is 8.21. The number of fused-ring (bicyclic) bond motifs is 2. The monoisotopic (exact) mass is 637 g/mol. The molecular weight excluding hydrogens is 594 g/mol. The number of amides is 2. The van der Waals surface area contributed by atoms with Crippen LogP contribution in [0.2, 0.25) is 0 Å². The van der Waals surface area contributed by atoms with E-state index in [-0.39, 0.29) is 25.6 Å². The van der Waals surface area contributed by atoms with Gasteiger partial charge in [-0.1, -0.05) is 42.5 Å². The van der Waals surface area contributed by atoms with Crippen LogP contribution >= 0.6 is 0 Å². The number of rotatable bonds is 12. The van der Waals surface area contributed by atoms with Gasteiger partial charge >= 0.3 is 12.1 Å². The Morgan fingerprint density at radius 3 is 2.47 bits per heavy atom. The van der Waals surface area contributed by atoms with Crippen molar-refractivity contribution in [2.75, 3.05) is 6.54 Å². The van der Waals surface area contributed by atoms with Crippen LogP contribution in [0.5, 0.6) is 0 Å². The quantitative estimate of drug-likeness (QED) is 0.157. The molecule has 2 heterocycles. The molecule has 2 aromatic carbocycles. The molecule has 0 fully saturated rings. The van der Waals surface area contributed by atoms with Crippen molar-refractivity contribution < 1.29 is 24.2 Å². The number of ether oxygens (including phenoxy) is 1. The summed E-state index contributed by atoms with van der Waals surface area (Å²) in [5, 5.41) is 17.7. The Morgan fingerprint density at radius 2 is 1.72 bits per heavy atom. The standard InChI is InChI=1S/C37H43N5O5/c1-37(2,3)47-36(46)42(24-27-13-6-7-20-38-27)23-26-18-19-30(29-15-5-4-14-28(26)29)34(43)41-32(35(44)45)17-10-21-39-31-16-8-11-25-12-9-22-40-33(25)31/h4-7,9,12-15,18-20,22,31-32,39H,8,10-11,16-17,21,23-24H2,1-3H3,(H,41,43)(H,44,45)/t31-,32-/m0/s1. The minimum absolute atomic E-state index is 0.151. The molecule has 3 N–H and O–H groups in total. The zero-order valence-corrected chi connectivity index (χ0v) is 27.2. The van der Waals surface area contributed by atoms with Gasteiger partial charge in [0.1, 0.15) is 11.6 Å². The van der Waals surface area contributed by atoms with Crippen LogP contribution in [0.1, 0.15) is 85.4 Å². The Hall–Kier alpha value is -4.83. The number of aliphatic carboxylic acids is 1. The largest absolute Gasteiger partial charge is 0.480 e. The fraction of sp³-hybridized carbons (Fsp3) is 0.378. The van der Waals surface area contributed by atoms with Crippen molar-refractivity contribution in [2.24, 2.45) is 0 Å². The van der Waals surface area contributed by atoms with Crippen molar-refractivity contribution in [1.82, 2.24) is 25.5 Å². The molecule has 0 aliphatic heterocycles. The minimum atomic E-state index is -1.08. The van der Waals surface area contributed by atoms with Crippen LogP contribution < -0.4 is 10.6 Å². The molecule has 10 nitrogen and oxygen atoms in total. The molecular formula is C37H43N5O5.